The van der Waals surface area contributed by atoms with Gasteiger partial charge >= 0.3 is 0 Å². The van der Waals surface area contributed by atoms with E-state index >= 15 is 0 Å². The maximum atomic E-state index is 12.1. The van der Waals surface area contributed by atoms with Crippen molar-refractivity contribution in [2.45, 2.75) is 0 Å². The van der Waals surface area contributed by atoms with Gasteiger partial charge in [-0.3, -0.25) is 4.79 Å². The van der Waals surface area contributed by atoms with E-state index in [0.29, 0.717) is 28.2 Å². The van der Waals surface area contributed by atoms with Crippen molar-refractivity contribution in [1.82, 2.24) is 14.8 Å². The summed E-state index contributed by atoms with van der Waals surface area (Å²) in [4.78, 5) is 12.1. The van der Waals surface area contributed by atoms with Gasteiger partial charge < -0.3 is 14.6 Å². The van der Waals surface area contributed by atoms with Crippen LogP contribution < -0.4 is 10.1 Å². The minimum absolute atomic E-state index is 0.231. The van der Waals surface area contributed by atoms with E-state index < -0.39 is 0 Å². The van der Waals surface area contributed by atoms with Gasteiger partial charge in [0, 0.05) is 35.2 Å². The van der Waals surface area contributed by atoms with E-state index in [1.807, 2.05) is 47.3 Å². The minimum atomic E-state index is -0.231. The molecule has 30 heavy (non-hydrogen) atoms. The van der Waals surface area contributed by atoms with E-state index in [-0.39, 0.29) is 5.91 Å². The van der Waals surface area contributed by atoms with Crippen LogP contribution in [-0.4, -0.2) is 20.7 Å². The van der Waals surface area contributed by atoms with Crippen LogP contribution in [0.25, 0.3) is 11.9 Å². The highest BCUT2D eigenvalue weighted by atomic mass is 35.5. The number of aromatic nitrogens is 3. The zero-order valence-corrected chi connectivity index (χ0v) is 16.5. The number of hydrogen-bond acceptors (Lipinski definition) is 4. The van der Waals surface area contributed by atoms with Crippen molar-refractivity contribution in [3.05, 3.63) is 102 Å². The number of nitrogens with one attached hydrogen (secondary N) is 1. The smallest absolute Gasteiger partial charge is 0.248 e. The predicted octanol–water partition coefficient (Wildman–Crippen LogP) is 5.36. The summed E-state index contributed by atoms with van der Waals surface area (Å²) in [6.45, 7) is 0. The molecular weight excluding hydrogens is 400 g/mol. The molecule has 2 aromatic carbocycles. The molecule has 0 atom stereocenters. The highest BCUT2D eigenvalue weighted by Crippen LogP contribution is 2.21. The summed E-state index contributed by atoms with van der Waals surface area (Å²) in [6, 6.07) is 21.6. The van der Waals surface area contributed by atoms with Gasteiger partial charge in [-0.15, -0.1) is 10.2 Å². The van der Waals surface area contributed by atoms with Gasteiger partial charge in [-0.1, -0.05) is 23.7 Å². The van der Waals surface area contributed by atoms with Crippen molar-refractivity contribution in [1.29, 1.82) is 0 Å². The van der Waals surface area contributed by atoms with Gasteiger partial charge in [-0.2, -0.15) is 0 Å². The van der Waals surface area contributed by atoms with E-state index in [1.54, 1.807) is 48.5 Å². The van der Waals surface area contributed by atoms with Crippen LogP contribution in [0.5, 0.6) is 11.6 Å². The molecule has 7 heteroatoms. The lowest BCUT2D eigenvalue weighted by molar-refractivity contribution is -0.111. The number of halogens is 1. The Morgan fingerprint density at radius 2 is 1.67 bits per heavy atom. The number of hydrogen-bond donors (Lipinski definition) is 1. The van der Waals surface area contributed by atoms with Crippen LogP contribution in [-0.2, 0) is 4.79 Å². The van der Waals surface area contributed by atoms with Gasteiger partial charge in [0.05, 0.1) is 0 Å². The second-order valence-electron chi connectivity index (χ2n) is 6.32. The molecule has 0 aliphatic heterocycles. The molecule has 0 spiro atoms. The summed E-state index contributed by atoms with van der Waals surface area (Å²) in [5.41, 5.74) is 1.55. The Morgan fingerprint density at radius 1 is 0.933 bits per heavy atom. The fraction of sp³-hybridized carbons (Fsp3) is 0. The van der Waals surface area contributed by atoms with E-state index in [0.717, 1.165) is 5.56 Å². The molecule has 0 unspecified atom stereocenters. The second kappa shape index (κ2) is 9.07. The first-order valence-corrected chi connectivity index (χ1v) is 9.53. The number of amides is 1. The molecule has 148 valence electrons. The third-order valence-electron chi connectivity index (χ3n) is 4.14. The van der Waals surface area contributed by atoms with Crippen molar-refractivity contribution in [3.63, 3.8) is 0 Å². The van der Waals surface area contributed by atoms with Crippen LogP contribution in [0.2, 0.25) is 5.02 Å². The zero-order chi connectivity index (χ0) is 20.8. The second-order valence-corrected chi connectivity index (χ2v) is 6.76. The van der Waals surface area contributed by atoms with Crippen LogP contribution in [0, 0.1) is 0 Å². The van der Waals surface area contributed by atoms with Crippen LogP contribution in [0.4, 0.5) is 5.69 Å². The topological polar surface area (TPSA) is 69.0 Å². The van der Waals surface area contributed by atoms with Crippen molar-refractivity contribution >= 4 is 29.3 Å². The van der Waals surface area contributed by atoms with E-state index in [1.165, 1.54) is 6.08 Å². The van der Waals surface area contributed by atoms with Gasteiger partial charge in [-0.05, 0) is 66.2 Å². The number of anilines is 1. The lowest BCUT2D eigenvalue weighted by atomic mass is 10.2. The molecule has 4 aromatic rings. The van der Waals surface area contributed by atoms with Gasteiger partial charge in [0.15, 0.2) is 5.82 Å². The molecule has 1 amide bonds. The number of ether oxygens (including phenoxy) is 1. The Balaban J connectivity index is 1.33. The van der Waals surface area contributed by atoms with Gasteiger partial charge in [-0.25, -0.2) is 0 Å². The number of nitrogens with zero attached hydrogens (tertiary/aromatic N) is 3. The lowest BCUT2D eigenvalue weighted by Gasteiger charge is -2.07. The van der Waals surface area contributed by atoms with Crippen molar-refractivity contribution in [3.8, 4) is 17.4 Å². The Hall–Kier alpha value is -3.90. The van der Waals surface area contributed by atoms with E-state index in [4.69, 9.17) is 16.3 Å². The normalized spacial score (nSPS) is 10.8. The number of carbonyl (C=O) groups is 1. The first-order valence-electron chi connectivity index (χ1n) is 9.15. The van der Waals surface area contributed by atoms with Crippen LogP contribution in [0.3, 0.4) is 0 Å². The molecule has 0 bridgehead atoms. The molecule has 1 N–H and O–H groups in total. The minimum Gasteiger partial charge on any atom is -0.438 e. The Labute approximate surface area is 178 Å². The molecule has 0 saturated heterocycles. The SMILES string of the molecule is O=C(/C=C/c1ccc(Cl)cc1)Nc1ccc(Oc2ccc(-n3cccc3)nn2)cc1. The molecule has 2 heterocycles. The highest BCUT2D eigenvalue weighted by molar-refractivity contribution is 6.30. The summed E-state index contributed by atoms with van der Waals surface area (Å²) in [5, 5.41) is 11.7. The van der Waals surface area contributed by atoms with Crippen molar-refractivity contribution in [2.75, 3.05) is 5.32 Å². The van der Waals surface area contributed by atoms with Crippen LogP contribution in [0.15, 0.2) is 91.3 Å². The van der Waals surface area contributed by atoms with E-state index in [9.17, 15) is 4.79 Å². The van der Waals surface area contributed by atoms with Gasteiger partial charge in [0.1, 0.15) is 5.75 Å². The predicted molar refractivity (Wildman–Crippen MR) is 117 cm³/mol. The first-order chi connectivity index (χ1) is 14.7. The molecular formula is C23H17ClN4O2. The molecule has 0 radical (unpaired) electrons. The molecule has 0 fully saturated rings. The largest absolute Gasteiger partial charge is 0.438 e. The molecule has 0 saturated carbocycles. The Morgan fingerprint density at radius 3 is 2.33 bits per heavy atom. The summed E-state index contributed by atoms with van der Waals surface area (Å²) in [7, 11) is 0. The summed E-state index contributed by atoms with van der Waals surface area (Å²) >= 11 is 5.85. The van der Waals surface area contributed by atoms with Crippen molar-refractivity contribution in [2.24, 2.45) is 0 Å². The van der Waals surface area contributed by atoms with Crippen LogP contribution in [0.1, 0.15) is 5.56 Å². The summed E-state index contributed by atoms with van der Waals surface area (Å²) in [6.07, 6.45) is 6.97. The van der Waals surface area contributed by atoms with Gasteiger partial charge in [0.25, 0.3) is 0 Å². The maximum Gasteiger partial charge on any atom is 0.248 e. The average molecular weight is 417 g/mol. The zero-order valence-electron chi connectivity index (χ0n) is 15.8. The van der Waals surface area contributed by atoms with Crippen LogP contribution >= 0.6 is 11.6 Å². The summed E-state index contributed by atoms with van der Waals surface area (Å²) < 4.78 is 7.56. The third-order valence-corrected chi connectivity index (χ3v) is 4.39. The number of carbonyl (C=O) groups excluding carboxylic acids is 1. The molecule has 6 nitrogen and oxygen atoms in total. The number of benzene rings is 2. The highest BCUT2D eigenvalue weighted by Gasteiger charge is 2.03. The molecule has 0 aliphatic rings. The molecule has 0 aliphatic carbocycles. The third kappa shape index (κ3) is 5.12. The number of rotatable bonds is 6. The standard InChI is InChI=1S/C23H17ClN4O2/c24-18-6-3-17(4-7-18)5-13-22(29)25-19-8-10-20(11-9-19)30-23-14-12-21(26-27-23)28-15-1-2-16-28/h1-16H,(H,25,29)/b13-5+. The molecule has 4 rings (SSSR count). The first kappa shape index (κ1) is 19.4. The van der Waals surface area contributed by atoms with Crippen molar-refractivity contribution < 1.29 is 9.53 Å². The van der Waals surface area contributed by atoms with Gasteiger partial charge in [0.2, 0.25) is 11.8 Å². The fourth-order valence-electron chi connectivity index (χ4n) is 2.65. The Bertz CT molecular complexity index is 1140. The monoisotopic (exact) mass is 416 g/mol. The fourth-order valence-corrected chi connectivity index (χ4v) is 2.78. The quantitative estimate of drug-likeness (QED) is 0.429. The maximum absolute atomic E-state index is 12.1. The average Bonchev–Trinajstić information content (AvgIpc) is 3.30. The lowest BCUT2D eigenvalue weighted by Crippen LogP contribution is -2.07. The van der Waals surface area contributed by atoms with E-state index in [2.05, 4.69) is 15.5 Å². The Kier molecular flexibility index (Phi) is 5.87. The molecule has 2 aromatic heterocycles. The summed E-state index contributed by atoms with van der Waals surface area (Å²) in [5.74, 6) is 1.45.